The molecule has 0 atom stereocenters. The van der Waals surface area contributed by atoms with Gasteiger partial charge in [0.1, 0.15) is 5.56 Å². The molecule has 2 aromatic carbocycles. The van der Waals surface area contributed by atoms with Crippen molar-refractivity contribution in [1.29, 1.82) is 0 Å². The summed E-state index contributed by atoms with van der Waals surface area (Å²) in [6, 6.07) is 13.0. The number of hydrogen-bond donors (Lipinski definition) is 0. The summed E-state index contributed by atoms with van der Waals surface area (Å²) in [5, 5.41) is 14.6. The van der Waals surface area contributed by atoms with Gasteiger partial charge in [-0.15, -0.1) is 0 Å². The number of carbonyl (C=O) groups is 1. The molecule has 1 aromatic heterocycles. The lowest BCUT2D eigenvalue weighted by Gasteiger charge is -2.05. The molecule has 0 aliphatic carbocycles. The van der Waals surface area contributed by atoms with Gasteiger partial charge in [-0.3, -0.25) is 10.1 Å². The van der Waals surface area contributed by atoms with Gasteiger partial charge in [-0.2, -0.15) is 5.10 Å². The lowest BCUT2D eigenvalue weighted by atomic mass is 10.2. The second-order valence-corrected chi connectivity index (χ2v) is 7.85. The van der Waals surface area contributed by atoms with Crippen molar-refractivity contribution in [3.63, 3.8) is 0 Å². The van der Waals surface area contributed by atoms with Gasteiger partial charge in [-0.05, 0) is 38.1 Å². The fourth-order valence-corrected chi connectivity index (χ4v) is 4.21. The topological polar surface area (TPSA) is 121 Å². The van der Waals surface area contributed by atoms with E-state index < -0.39 is 25.8 Å². The summed E-state index contributed by atoms with van der Waals surface area (Å²) in [5.74, 6) is -0.812. The molecular formula is C19H17N3O6S. The van der Waals surface area contributed by atoms with Crippen LogP contribution in [0.25, 0.3) is 5.69 Å². The van der Waals surface area contributed by atoms with Crippen LogP contribution >= 0.6 is 0 Å². The highest BCUT2D eigenvalue weighted by molar-refractivity contribution is 7.91. The monoisotopic (exact) mass is 415 g/mol. The minimum atomic E-state index is -4.11. The number of sulfone groups is 1. The van der Waals surface area contributed by atoms with Crippen LogP contribution in [0.15, 0.2) is 64.5 Å². The maximum atomic E-state index is 13.1. The molecule has 3 rings (SSSR count). The van der Waals surface area contributed by atoms with E-state index in [0.29, 0.717) is 5.69 Å². The molecule has 3 aromatic rings. The number of non-ortho nitro benzene ring substituents is 1. The van der Waals surface area contributed by atoms with E-state index in [0.717, 1.165) is 0 Å². The van der Waals surface area contributed by atoms with E-state index in [9.17, 15) is 23.3 Å². The summed E-state index contributed by atoms with van der Waals surface area (Å²) in [7, 11) is -4.11. The largest absolute Gasteiger partial charge is 0.462 e. The molecule has 0 aliphatic rings. The number of carbonyl (C=O) groups excluding carboxylic acids is 1. The minimum Gasteiger partial charge on any atom is -0.462 e. The van der Waals surface area contributed by atoms with Crippen LogP contribution in [0.4, 0.5) is 5.69 Å². The molecule has 0 unspecified atom stereocenters. The zero-order valence-corrected chi connectivity index (χ0v) is 16.4. The zero-order valence-electron chi connectivity index (χ0n) is 15.6. The Morgan fingerprint density at radius 1 is 1.14 bits per heavy atom. The number of aromatic nitrogens is 2. The van der Waals surface area contributed by atoms with Crippen LogP contribution in [0.1, 0.15) is 23.0 Å². The van der Waals surface area contributed by atoms with Crippen molar-refractivity contribution in [2.75, 3.05) is 6.61 Å². The predicted octanol–water partition coefficient (Wildman–Crippen LogP) is 3.10. The molecule has 0 saturated heterocycles. The van der Waals surface area contributed by atoms with E-state index >= 15 is 0 Å². The summed E-state index contributed by atoms with van der Waals surface area (Å²) in [5.41, 5.74) is 0.315. The summed E-state index contributed by atoms with van der Waals surface area (Å²) in [4.78, 5) is 22.8. The average molecular weight is 415 g/mol. The van der Waals surface area contributed by atoms with Crippen LogP contribution in [0, 0.1) is 17.0 Å². The molecule has 0 bridgehead atoms. The highest BCUT2D eigenvalue weighted by atomic mass is 32.2. The van der Waals surface area contributed by atoms with E-state index in [-0.39, 0.29) is 28.4 Å². The number of rotatable bonds is 6. The Bertz CT molecular complexity index is 1170. The first-order chi connectivity index (χ1) is 13.8. The quantitative estimate of drug-likeness (QED) is 0.344. The zero-order chi connectivity index (χ0) is 21.2. The van der Waals surface area contributed by atoms with Gasteiger partial charge in [0.15, 0.2) is 5.03 Å². The van der Waals surface area contributed by atoms with E-state index in [2.05, 4.69) is 5.10 Å². The van der Waals surface area contributed by atoms with Gasteiger partial charge in [-0.1, -0.05) is 18.2 Å². The third kappa shape index (κ3) is 3.74. The van der Waals surface area contributed by atoms with Crippen molar-refractivity contribution >= 4 is 21.5 Å². The Morgan fingerprint density at radius 3 is 2.31 bits per heavy atom. The van der Waals surface area contributed by atoms with Crippen molar-refractivity contribution in [3.8, 4) is 5.69 Å². The average Bonchev–Trinajstić information content (AvgIpc) is 3.07. The number of ether oxygens (including phenoxy) is 1. The molecule has 0 N–H and O–H groups in total. The Kier molecular flexibility index (Phi) is 5.46. The number of hydrogen-bond acceptors (Lipinski definition) is 7. The van der Waals surface area contributed by atoms with Gasteiger partial charge in [0, 0.05) is 12.1 Å². The standard InChI is InChI=1S/C19H17N3O6S/c1-3-28-19(23)17-13(2)21(14-9-11-15(12-10-14)22(24)25)20-18(17)29(26,27)16-7-5-4-6-8-16/h4-12H,3H2,1-2H3. The third-order valence-electron chi connectivity index (χ3n) is 4.18. The molecule has 0 aliphatic heterocycles. The van der Waals surface area contributed by atoms with E-state index in [4.69, 9.17) is 4.74 Å². The van der Waals surface area contributed by atoms with Gasteiger partial charge < -0.3 is 4.74 Å². The van der Waals surface area contributed by atoms with E-state index in [1.807, 2.05) is 0 Å². The molecule has 1 heterocycles. The second-order valence-electron chi connectivity index (χ2n) is 5.99. The van der Waals surface area contributed by atoms with Crippen LogP contribution in [0.3, 0.4) is 0 Å². The first-order valence-corrected chi connectivity index (χ1v) is 10.1. The highest BCUT2D eigenvalue weighted by Gasteiger charge is 2.32. The molecule has 150 valence electrons. The van der Waals surface area contributed by atoms with Crippen molar-refractivity contribution in [2.24, 2.45) is 0 Å². The predicted molar refractivity (Wildman–Crippen MR) is 103 cm³/mol. The lowest BCUT2D eigenvalue weighted by molar-refractivity contribution is -0.384. The van der Waals surface area contributed by atoms with Crippen LogP contribution in [0.2, 0.25) is 0 Å². The molecule has 9 nitrogen and oxygen atoms in total. The Morgan fingerprint density at radius 2 is 1.76 bits per heavy atom. The molecule has 0 spiro atoms. The molecule has 0 amide bonds. The van der Waals surface area contributed by atoms with Crippen LogP contribution in [0.5, 0.6) is 0 Å². The normalized spacial score (nSPS) is 11.2. The van der Waals surface area contributed by atoms with Crippen LogP contribution in [-0.4, -0.2) is 35.7 Å². The fourth-order valence-electron chi connectivity index (χ4n) is 2.78. The first-order valence-electron chi connectivity index (χ1n) is 8.59. The Hall–Kier alpha value is -3.53. The summed E-state index contributed by atoms with van der Waals surface area (Å²) >= 11 is 0. The van der Waals surface area contributed by atoms with E-state index in [1.165, 1.54) is 48.0 Å². The summed E-state index contributed by atoms with van der Waals surface area (Å²) in [6.45, 7) is 3.20. The maximum absolute atomic E-state index is 13.1. The molecule has 10 heteroatoms. The van der Waals surface area contributed by atoms with Gasteiger partial charge in [0.05, 0.1) is 27.8 Å². The smallest absolute Gasteiger partial charge is 0.343 e. The SMILES string of the molecule is CCOC(=O)c1c(S(=O)(=O)c2ccccc2)nn(-c2ccc([N+](=O)[O-])cc2)c1C. The van der Waals surface area contributed by atoms with Gasteiger partial charge >= 0.3 is 5.97 Å². The molecular weight excluding hydrogens is 398 g/mol. The van der Waals surface area contributed by atoms with Crippen molar-refractivity contribution in [1.82, 2.24) is 9.78 Å². The van der Waals surface area contributed by atoms with Crippen molar-refractivity contribution < 1.29 is 22.9 Å². The number of nitro groups is 1. The first kappa shape index (κ1) is 20.2. The highest BCUT2D eigenvalue weighted by Crippen LogP contribution is 2.28. The number of esters is 1. The van der Waals surface area contributed by atoms with Crippen LogP contribution < -0.4 is 0 Å². The molecule has 0 fully saturated rings. The maximum Gasteiger partial charge on any atom is 0.343 e. The minimum absolute atomic E-state index is 0.0149. The lowest BCUT2D eigenvalue weighted by Crippen LogP contribution is -2.12. The van der Waals surface area contributed by atoms with Gasteiger partial charge in [0.25, 0.3) is 5.69 Å². The second kappa shape index (κ2) is 7.84. The van der Waals surface area contributed by atoms with E-state index in [1.54, 1.807) is 25.1 Å². The number of nitrogens with zero attached hydrogens (tertiary/aromatic N) is 3. The number of benzene rings is 2. The Labute approximate surface area is 166 Å². The molecule has 0 radical (unpaired) electrons. The molecule has 0 saturated carbocycles. The summed E-state index contributed by atoms with van der Waals surface area (Å²) in [6.07, 6.45) is 0. The van der Waals surface area contributed by atoms with Crippen molar-refractivity contribution in [2.45, 2.75) is 23.8 Å². The van der Waals surface area contributed by atoms with Crippen LogP contribution in [-0.2, 0) is 14.6 Å². The van der Waals surface area contributed by atoms with Gasteiger partial charge in [0.2, 0.25) is 9.84 Å². The fraction of sp³-hybridized carbons (Fsp3) is 0.158. The summed E-state index contributed by atoms with van der Waals surface area (Å²) < 4.78 is 32.6. The number of nitro benzene ring substituents is 1. The Balaban J connectivity index is 2.22. The third-order valence-corrected chi connectivity index (χ3v) is 5.86. The van der Waals surface area contributed by atoms with Gasteiger partial charge in [-0.25, -0.2) is 17.9 Å². The van der Waals surface area contributed by atoms with Crippen molar-refractivity contribution in [3.05, 3.63) is 76.0 Å². The molecule has 29 heavy (non-hydrogen) atoms.